The second-order valence-electron chi connectivity index (χ2n) is 7.41. The third-order valence-corrected chi connectivity index (χ3v) is 4.21. The van der Waals surface area contributed by atoms with Crippen LogP contribution in [0.1, 0.15) is 11.1 Å². The molecule has 0 radical (unpaired) electrons. The molecule has 0 spiro atoms. The summed E-state index contributed by atoms with van der Waals surface area (Å²) in [6, 6.07) is 13.1. The number of ether oxygens (including phenoxy) is 2. The first-order valence-electron chi connectivity index (χ1n) is 9.68. The molecule has 0 aliphatic heterocycles. The van der Waals surface area contributed by atoms with Crippen LogP contribution in [0.3, 0.4) is 0 Å². The number of likely N-dealkylation sites (N-methyl/N-ethyl adjacent to an activating group) is 2. The summed E-state index contributed by atoms with van der Waals surface area (Å²) in [5.74, 6) is 1.45. The maximum absolute atomic E-state index is 9.56. The summed E-state index contributed by atoms with van der Waals surface area (Å²) in [5, 5.41) is 19.1. The Hall–Kier alpha value is -2.32. The van der Waals surface area contributed by atoms with E-state index in [1.807, 2.05) is 75.6 Å². The first-order valence-corrected chi connectivity index (χ1v) is 9.68. The molecular weight excluding hydrogens is 367 g/mol. The lowest BCUT2D eigenvalue weighted by Crippen LogP contribution is -2.30. The van der Waals surface area contributed by atoms with Gasteiger partial charge in [-0.1, -0.05) is 30.4 Å². The van der Waals surface area contributed by atoms with Crippen molar-refractivity contribution in [1.82, 2.24) is 9.80 Å². The standard InChI is InChI=1S/C22H31BN2O4/c1-24(2)11-13-28-21-9-7-18(8-10-21)5-6-19-15-20(23(26)27)17-22(16-19)29-14-12-25(3)4/h5-10,15-17,26-27H,11-14H2,1-4H3/b6-5+. The zero-order valence-electron chi connectivity index (χ0n) is 17.7. The van der Waals surface area contributed by atoms with Crippen molar-refractivity contribution in [3.63, 3.8) is 0 Å². The van der Waals surface area contributed by atoms with E-state index in [4.69, 9.17) is 9.47 Å². The van der Waals surface area contributed by atoms with Gasteiger partial charge < -0.3 is 29.3 Å². The highest BCUT2D eigenvalue weighted by atomic mass is 16.5. The summed E-state index contributed by atoms with van der Waals surface area (Å²) in [6.45, 7) is 2.82. The largest absolute Gasteiger partial charge is 0.492 e. The van der Waals surface area contributed by atoms with Crippen LogP contribution >= 0.6 is 0 Å². The van der Waals surface area contributed by atoms with Gasteiger partial charge in [-0.3, -0.25) is 0 Å². The SMILES string of the molecule is CN(C)CCOc1ccc(/C=C/c2cc(OCCN(C)C)cc(B(O)O)c2)cc1. The van der Waals surface area contributed by atoms with Crippen molar-refractivity contribution >= 4 is 24.7 Å². The fourth-order valence-corrected chi connectivity index (χ4v) is 2.53. The molecule has 0 aromatic heterocycles. The smallest absolute Gasteiger partial charge is 0.488 e. The van der Waals surface area contributed by atoms with Crippen LogP contribution < -0.4 is 14.9 Å². The Labute approximate surface area is 174 Å². The molecule has 2 aromatic carbocycles. The second kappa shape index (κ2) is 11.6. The van der Waals surface area contributed by atoms with Gasteiger partial charge >= 0.3 is 7.12 Å². The highest BCUT2D eigenvalue weighted by Crippen LogP contribution is 2.17. The van der Waals surface area contributed by atoms with Gasteiger partial charge in [-0.05, 0) is 69.0 Å². The van der Waals surface area contributed by atoms with Crippen molar-refractivity contribution in [3.05, 3.63) is 53.6 Å². The molecule has 0 fully saturated rings. The molecular formula is C22H31BN2O4. The van der Waals surface area contributed by atoms with E-state index >= 15 is 0 Å². The molecule has 0 saturated heterocycles. The van der Waals surface area contributed by atoms with Crippen molar-refractivity contribution < 1.29 is 19.5 Å². The molecule has 2 N–H and O–H groups in total. The van der Waals surface area contributed by atoms with Crippen LogP contribution in [0.15, 0.2) is 42.5 Å². The van der Waals surface area contributed by atoms with Gasteiger partial charge in [-0.15, -0.1) is 0 Å². The van der Waals surface area contributed by atoms with Crippen LogP contribution in [-0.2, 0) is 0 Å². The van der Waals surface area contributed by atoms with Gasteiger partial charge in [0.1, 0.15) is 24.7 Å². The summed E-state index contributed by atoms with van der Waals surface area (Å²) < 4.78 is 11.5. The number of nitrogens with zero attached hydrogens (tertiary/aromatic N) is 2. The molecule has 7 heteroatoms. The Kier molecular flexibility index (Phi) is 9.21. The van der Waals surface area contributed by atoms with Gasteiger partial charge in [0.2, 0.25) is 0 Å². The van der Waals surface area contributed by atoms with E-state index in [0.29, 0.717) is 24.4 Å². The summed E-state index contributed by atoms with van der Waals surface area (Å²) in [5.41, 5.74) is 2.26. The lowest BCUT2D eigenvalue weighted by Gasteiger charge is -2.13. The average molecular weight is 398 g/mol. The quantitative estimate of drug-likeness (QED) is 0.441. The van der Waals surface area contributed by atoms with Crippen LogP contribution in [0.2, 0.25) is 0 Å². The number of hydrogen-bond acceptors (Lipinski definition) is 6. The van der Waals surface area contributed by atoms with E-state index in [1.54, 1.807) is 12.1 Å². The Morgan fingerprint density at radius 2 is 1.31 bits per heavy atom. The van der Waals surface area contributed by atoms with Gasteiger partial charge in [0.25, 0.3) is 0 Å². The Morgan fingerprint density at radius 3 is 1.86 bits per heavy atom. The highest BCUT2D eigenvalue weighted by Gasteiger charge is 2.13. The topological polar surface area (TPSA) is 65.4 Å². The van der Waals surface area contributed by atoms with E-state index in [0.717, 1.165) is 30.0 Å². The molecule has 0 bridgehead atoms. The molecule has 6 nitrogen and oxygen atoms in total. The predicted octanol–water partition coefficient (Wildman–Crippen LogP) is 1.42. The van der Waals surface area contributed by atoms with E-state index in [9.17, 15) is 10.0 Å². The van der Waals surface area contributed by atoms with Crippen LogP contribution in [0.4, 0.5) is 0 Å². The molecule has 2 aromatic rings. The van der Waals surface area contributed by atoms with Gasteiger partial charge in [-0.25, -0.2) is 0 Å². The third kappa shape index (κ3) is 8.70. The van der Waals surface area contributed by atoms with Crippen LogP contribution in [-0.4, -0.2) is 81.5 Å². The molecule has 0 heterocycles. The first kappa shape index (κ1) is 23.0. The van der Waals surface area contributed by atoms with Gasteiger partial charge in [0, 0.05) is 13.1 Å². The number of rotatable bonds is 11. The summed E-state index contributed by atoms with van der Waals surface area (Å²) in [4.78, 5) is 4.10. The van der Waals surface area contributed by atoms with Crippen LogP contribution in [0.25, 0.3) is 12.2 Å². The maximum Gasteiger partial charge on any atom is 0.488 e. The van der Waals surface area contributed by atoms with Crippen molar-refractivity contribution in [1.29, 1.82) is 0 Å². The zero-order valence-corrected chi connectivity index (χ0v) is 17.7. The van der Waals surface area contributed by atoms with E-state index in [-0.39, 0.29) is 0 Å². The minimum absolute atomic E-state index is 0.400. The first-order chi connectivity index (χ1) is 13.8. The molecule has 0 aliphatic carbocycles. The third-order valence-electron chi connectivity index (χ3n) is 4.21. The van der Waals surface area contributed by atoms with E-state index < -0.39 is 7.12 Å². The fraction of sp³-hybridized carbons (Fsp3) is 0.364. The second-order valence-corrected chi connectivity index (χ2v) is 7.41. The molecule has 0 aliphatic rings. The summed E-state index contributed by atoms with van der Waals surface area (Å²) in [7, 11) is 6.44. The molecule has 0 saturated carbocycles. The van der Waals surface area contributed by atoms with Crippen LogP contribution in [0, 0.1) is 0 Å². The van der Waals surface area contributed by atoms with Crippen molar-refractivity contribution in [2.45, 2.75) is 0 Å². The minimum Gasteiger partial charge on any atom is -0.492 e. The average Bonchev–Trinajstić information content (AvgIpc) is 2.66. The summed E-state index contributed by atoms with van der Waals surface area (Å²) in [6.07, 6.45) is 3.89. The molecule has 2 rings (SSSR count). The van der Waals surface area contributed by atoms with E-state index in [2.05, 4.69) is 4.90 Å². The number of benzene rings is 2. The fourth-order valence-electron chi connectivity index (χ4n) is 2.53. The van der Waals surface area contributed by atoms with E-state index in [1.165, 1.54) is 0 Å². The lowest BCUT2D eigenvalue weighted by molar-refractivity contribution is 0.261. The molecule has 0 atom stereocenters. The Balaban J connectivity index is 2.05. The normalized spacial score (nSPS) is 11.4. The molecule has 156 valence electrons. The molecule has 0 unspecified atom stereocenters. The predicted molar refractivity (Wildman–Crippen MR) is 120 cm³/mol. The Morgan fingerprint density at radius 1 is 0.759 bits per heavy atom. The van der Waals surface area contributed by atoms with Crippen molar-refractivity contribution in [3.8, 4) is 11.5 Å². The van der Waals surface area contributed by atoms with Gasteiger partial charge in [-0.2, -0.15) is 0 Å². The number of hydrogen-bond donors (Lipinski definition) is 2. The monoisotopic (exact) mass is 398 g/mol. The van der Waals surface area contributed by atoms with Gasteiger partial charge in [0.05, 0.1) is 0 Å². The van der Waals surface area contributed by atoms with Crippen molar-refractivity contribution in [2.24, 2.45) is 0 Å². The van der Waals surface area contributed by atoms with Gasteiger partial charge in [0.15, 0.2) is 0 Å². The lowest BCUT2D eigenvalue weighted by atomic mass is 9.79. The minimum atomic E-state index is -1.54. The van der Waals surface area contributed by atoms with Crippen LogP contribution in [0.5, 0.6) is 11.5 Å². The highest BCUT2D eigenvalue weighted by molar-refractivity contribution is 6.58. The Bertz CT molecular complexity index is 777. The zero-order chi connectivity index (χ0) is 21.2. The van der Waals surface area contributed by atoms with Crippen molar-refractivity contribution in [2.75, 3.05) is 54.5 Å². The molecule has 29 heavy (non-hydrogen) atoms. The summed E-state index contributed by atoms with van der Waals surface area (Å²) >= 11 is 0. The maximum atomic E-state index is 9.56. The molecule has 0 amide bonds.